The van der Waals surface area contributed by atoms with Gasteiger partial charge in [0.2, 0.25) is 5.91 Å². The summed E-state index contributed by atoms with van der Waals surface area (Å²) in [5, 5.41) is 3.01. The van der Waals surface area contributed by atoms with Crippen LogP contribution >= 0.6 is 0 Å². The lowest BCUT2D eigenvalue weighted by molar-refractivity contribution is -0.121. The van der Waals surface area contributed by atoms with Crippen molar-refractivity contribution in [1.29, 1.82) is 0 Å². The number of methoxy groups -OCH3 is 1. The van der Waals surface area contributed by atoms with Crippen molar-refractivity contribution in [3.05, 3.63) is 54.1 Å². The Balaban J connectivity index is 1.86. The van der Waals surface area contributed by atoms with Crippen LogP contribution in [0.15, 0.2) is 48.5 Å². The lowest BCUT2D eigenvalue weighted by Crippen LogP contribution is -2.35. The van der Waals surface area contributed by atoms with Crippen molar-refractivity contribution in [2.45, 2.75) is 19.4 Å². The molecule has 2 aromatic carbocycles. The van der Waals surface area contributed by atoms with Gasteiger partial charge in [-0.1, -0.05) is 24.3 Å². The van der Waals surface area contributed by atoms with Crippen molar-refractivity contribution in [1.82, 2.24) is 0 Å². The van der Waals surface area contributed by atoms with Crippen LogP contribution in [0.25, 0.3) is 0 Å². The second-order valence-corrected chi connectivity index (χ2v) is 5.91. The number of nitrogens with one attached hydrogen (secondary N) is 1. The van der Waals surface area contributed by atoms with E-state index < -0.39 is 17.9 Å². The van der Waals surface area contributed by atoms with E-state index in [1.54, 1.807) is 55.5 Å². The van der Waals surface area contributed by atoms with Crippen molar-refractivity contribution < 1.29 is 23.9 Å². The molecule has 1 aliphatic heterocycles. The molecule has 1 aliphatic rings. The average Bonchev–Trinajstić information content (AvgIpc) is 2.95. The standard InChI is InChI=1S/C20H20N2O5/c1-3-27-20(25)13-8-4-5-9-14(13)21-15-12-18(23)22(19(15)24)16-10-6-7-11-17(16)26-2/h4-11,15,21H,3,12H2,1-2H3. The van der Waals surface area contributed by atoms with Gasteiger partial charge in [0.1, 0.15) is 11.8 Å². The highest BCUT2D eigenvalue weighted by Crippen LogP contribution is 2.32. The van der Waals surface area contributed by atoms with Gasteiger partial charge < -0.3 is 14.8 Å². The summed E-state index contributed by atoms with van der Waals surface area (Å²) in [7, 11) is 1.48. The molecule has 0 bridgehead atoms. The Bertz CT molecular complexity index is 880. The van der Waals surface area contributed by atoms with Crippen LogP contribution in [0.1, 0.15) is 23.7 Å². The molecule has 0 saturated carbocycles. The number of anilines is 2. The van der Waals surface area contributed by atoms with Gasteiger partial charge in [0.05, 0.1) is 31.4 Å². The van der Waals surface area contributed by atoms with Crippen LogP contribution in [0.5, 0.6) is 5.75 Å². The minimum atomic E-state index is -0.780. The van der Waals surface area contributed by atoms with Crippen LogP contribution in [0, 0.1) is 0 Å². The number of hydrogen-bond acceptors (Lipinski definition) is 6. The molecule has 3 rings (SSSR count). The zero-order chi connectivity index (χ0) is 19.4. The fraction of sp³-hybridized carbons (Fsp3) is 0.250. The Hall–Kier alpha value is -3.35. The van der Waals surface area contributed by atoms with E-state index in [1.807, 2.05) is 0 Å². The fourth-order valence-electron chi connectivity index (χ4n) is 3.00. The summed E-state index contributed by atoms with van der Waals surface area (Å²) >= 11 is 0. The van der Waals surface area contributed by atoms with E-state index in [-0.39, 0.29) is 18.9 Å². The quantitative estimate of drug-likeness (QED) is 0.623. The molecule has 7 heteroatoms. The number of carbonyl (C=O) groups excluding carboxylic acids is 3. The molecule has 0 radical (unpaired) electrons. The maximum Gasteiger partial charge on any atom is 0.340 e. The number of ether oxygens (including phenoxy) is 2. The third-order valence-corrected chi connectivity index (χ3v) is 4.22. The molecule has 0 aromatic heterocycles. The van der Waals surface area contributed by atoms with Crippen molar-refractivity contribution in [2.75, 3.05) is 23.9 Å². The molecule has 1 saturated heterocycles. The van der Waals surface area contributed by atoms with Gasteiger partial charge in [0, 0.05) is 5.69 Å². The minimum Gasteiger partial charge on any atom is -0.495 e. The first kappa shape index (κ1) is 18.4. The van der Waals surface area contributed by atoms with Gasteiger partial charge in [-0.3, -0.25) is 9.59 Å². The molecule has 2 amide bonds. The highest BCUT2D eigenvalue weighted by atomic mass is 16.5. The van der Waals surface area contributed by atoms with Crippen LogP contribution in [-0.4, -0.2) is 37.5 Å². The van der Waals surface area contributed by atoms with Crippen LogP contribution in [0.2, 0.25) is 0 Å². The number of carbonyl (C=O) groups is 3. The molecule has 1 fully saturated rings. The number of hydrogen-bond donors (Lipinski definition) is 1. The highest BCUT2D eigenvalue weighted by Gasteiger charge is 2.41. The molecular formula is C20H20N2O5. The topological polar surface area (TPSA) is 84.9 Å². The Morgan fingerprint density at radius 1 is 1.15 bits per heavy atom. The number of amides is 2. The van der Waals surface area contributed by atoms with E-state index in [0.717, 1.165) is 4.90 Å². The summed E-state index contributed by atoms with van der Waals surface area (Å²) in [5.41, 5.74) is 1.16. The van der Waals surface area contributed by atoms with E-state index >= 15 is 0 Å². The largest absolute Gasteiger partial charge is 0.495 e. The van der Waals surface area contributed by atoms with E-state index in [1.165, 1.54) is 7.11 Å². The Labute approximate surface area is 156 Å². The van der Waals surface area contributed by atoms with Crippen molar-refractivity contribution >= 4 is 29.2 Å². The van der Waals surface area contributed by atoms with Gasteiger partial charge >= 0.3 is 5.97 Å². The maximum absolute atomic E-state index is 12.9. The Morgan fingerprint density at radius 3 is 2.59 bits per heavy atom. The van der Waals surface area contributed by atoms with Gasteiger partial charge in [0.15, 0.2) is 0 Å². The normalized spacial score (nSPS) is 16.4. The third kappa shape index (κ3) is 3.62. The predicted octanol–water partition coefficient (Wildman–Crippen LogP) is 2.62. The fourth-order valence-corrected chi connectivity index (χ4v) is 3.00. The minimum absolute atomic E-state index is 0.0198. The molecule has 0 aliphatic carbocycles. The number of esters is 1. The molecular weight excluding hydrogens is 348 g/mol. The Kier molecular flexibility index (Phi) is 5.40. The van der Waals surface area contributed by atoms with Gasteiger partial charge in [-0.15, -0.1) is 0 Å². The van der Waals surface area contributed by atoms with Gasteiger partial charge in [0.25, 0.3) is 5.91 Å². The predicted molar refractivity (Wildman–Crippen MR) is 99.9 cm³/mol. The monoisotopic (exact) mass is 368 g/mol. The van der Waals surface area contributed by atoms with Crippen molar-refractivity contribution in [3.8, 4) is 5.75 Å². The van der Waals surface area contributed by atoms with Crippen LogP contribution < -0.4 is 15.0 Å². The first-order chi connectivity index (χ1) is 13.1. The number of para-hydroxylation sites is 3. The third-order valence-electron chi connectivity index (χ3n) is 4.22. The average molecular weight is 368 g/mol. The number of imide groups is 1. The molecule has 1 N–H and O–H groups in total. The molecule has 0 spiro atoms. The summed E-state index contributed by atoms with van der Waals surface area (Å²) in [4.78, 5) is 38.6. The number of rotatable bonds is 6. The molecule has 7 nitrogen and oxygen atoms in total. The summed E-state index contributed by atoms with van der Waals surface area (Å²) < 4.78 is 10.3. The van der Waals surface area contributed by atoms with E-state index in [2.05, 4.69) is 5.32 Å². The molecule has 1 atom stereocenters. The van der Waals surface area contributed by atoms with Crippen molar-refractivity contribution in [3.63, 3.8) is 0 Å². The second kappa shape index (κ2) is 7.90. The van der Waals surface area contributed by atoms with Gasteiger partial charge in [-0.25, -0.2) is 9.69 Å². The van der Waals surface area contributed by atoms with Gasteiger partial charge in [-0.05, 0) is 31.2 Å². The molecule has 1 unspecified atom stereocenters. The molecule has 2 aromatic rings. The smallest absolute Gasteiger partial charge is 0.340 e. The maximum atomic E-state index is 12.9. The summed E-state index contributed by atoms with van der Waals surface area (Å²) in [6.45, 7) is 1.97. The Morgan fingerprint density at radius 2 is 1.85 bits per heavy atom. The SMILES string of the molecule is CCOC(=O)c1ccccc1NC1CC(=O)N(c2ccccc2OC)C1=O. The number of benzene rings is 2. The van der Waals surface area contributed by atoms with Crippen LogP contribution in [0.4, 0.5) is 11.4 Å². The first-order valence-corrected chi connectivity index (χ1v) is 8.59. The highest BCUT2D eigenvalue weighted by molar-refractivity contribution is 6.24. The summed E-state index contributed by atoms with van der Waals surface area (Å²) in [6, 6.07) is 12.8. The first-order valence-electron chi connectivity index (χ1n) is 8.59. The van der Waals surface area contributed by atoms with E-state index in [4.69, 9.17) is 9.47 Å². The second-order valence-electron chi connectivity index (χ2n) is 5.91. The van der Waals surface area contributed by atoms with Crippen molar-refractivity contribution in [2.24, 2.45) is 0 Å². The lowest BCUT2D eigenvalue weighted by atomic mass is 10.1. The van der Waals surface area contributed by atoms with Gasteiger partial charge in [-0.2, -0.15) is 0 Å². The molecule has 1 heterocycles. The summed E-state index contributed by atoms with van der Waals surface area (Å²) in [6.07, 6.45) is -0.0198. The lowest BCUT2D eigenvalue weighted by Gasteiger charge is -2.19. The number of nitrogens with zero attached hydrogens (tertiary/aromatic N) is 1. The zero-order valence-electron chi connectivity index (χ0n) is 15.1. The van der Waals surface area contributed by atoms with Crippen LogP contribution in [0.3, 0.4) is 0 Å². The van der Waals surface area contributed by atoms with E-state index in [0.29, 0.717) is 22.7 Å². The van der Waals surface area contributed by atoms with Crippen LogP contribution in [-0.2, 0) is 14.3 Å². The molecule has 140 valence electrons. The summed E-state index contributed by atoms with van der Waals surface area (Å²) in [5.74, 6) is -0.787. The molecule has 27 heavy (non-hydrogen) atoms. The van der Waals surface area contributed by atoms with E-state index in [9.17, 15) is 14.4 Å². The zero-order valence-corrected chi connectivity index (χ0v) is 15.1.